The van der Waals surface area contributed by atoms with Gasteiger partial charge in [-0.05, 0) is 37.4 Å². The van der Waals surface area contributed by atoms with E-state index in [0.717, 1.165) is 0 Å². The van der Waals surface area contributed by atoms with Crippen LogP contribution in [0.25, 0.3) is 27.6 Å². The van der Waals surface area contributed by atoms with Gasteiger partial charge in [0.15, 0.2) is 5.52 Å². The van der Waals surface area contributed by atoms with E-state index in [1.165, 1.54) is 6.07 Å². The van der Waals surface area contributed by atoms with Crippen LogP contribution in [-0.2, 0) is 0 Å². The third kappa shape index (κ3) is 1.65. The number of benzene rings is 2. The molecular formula is C14H11N3O3. The van der Waals surface area contributed by atoms with E-state index in [9.17, 15) is 15.2 Å². The quantitative estimate of drug-likeness (QED) is 0.541. The van der Waals surface area contributed by atoms with Gasteiger partial charge in [0.25, 0.3) is 5.69 Å². The molecule has 0 unspecified atom stereocenters. The fourth-order valence-electron chi connectivity index (χ4n) is 2.43. The molecule has 0 atom stereocenters. The maximum Gasteiger partial charge on any atom is 0.295 e. The molecule has 0 spiro atoms. The summed E-state index contributed by atoms with van der Waals surface area (Å²) in [5, 5.41) is 22.8. The van der Waals surface area contributed by atoms with E-state index in [1.807, 2.05) is 0 Å². The highest BCUT2D eigenvalue weighted by Gasteiger charge is 2.18. The van der Waals surface area contributed by atoms with Crippen molar-refractivity contribution in [3.05, 3.63) is 45.4 Å². The molecule has 0 aliphatic rings. The minimum absolute atomic E-state index is 0.0549. The molecule has 1 aromatic heterocycles. The first-order valence-corrected chi connectivity index (χ1v) is 6.03. The zero-order valence-electron chi connectivity index (χ0n) is 10.9. The summed E-state index contributed by atoms with van der Waals surface area (Å²) in [5.74, 6) is 0.633. The summed E-state index contributed by atoms with van der Waals surface area (Å²) < 4.78 is 0. The van der Waals surface area contributed by atoms with Gasteiger partial charge >= 0.3 is 0 Å². The molecule has 0 amide bonds. The first-order valence-electron chi connectivity index (χ1n) is 6.03. The van der Waals surface area contributed by atoms with Crippen molar-refractivity contribution >= 4 is 33.3 Å². The lowest BCUT2D eigenvalue weighted by molar-refractivity contribution is -0.383. The molecule has 3 aromatic rings. The van der Waals surface area contributed by atoms with E-state index in [2.05, 4.69) is 9.97 Å². The number of aryl methyl sites for hydroxylation is 1. The molecule has 0 fully saturated rings. The highest BCUT2D eigenvalue weighted by molar-refractivity contribution is 6.10. The predicted octanol–water partition coefficient (Wildman–Crippen LogP) is 2.40. The van der Waals surface area contributed by atoms with Crippen LogP contribution in [0.2, 0.25) is 0 Å². The molecule has 1 N–H and O–H groups in total. The molecule has 0 saturated heterocycles. The topological polar surface area (TPSA) is 89.2 Å². The molecule has 100 valence electrons. The molecule has 0 aliphatic carbocycles. The lowest BCUT2D eigenvalue weighted by Crippen LogP contribution is -2.08. The van der Waals surface area contributed by atoms with Gasteiger partial charge in [0.2, 0.25) is 0 Å². The van der Waals surface area contributed by atoms with Crippen LogP contribution in [0.3, 0.4) is 0 Å². The Morgan fingerprint density at radius 2 is 2.00 bits per heavy atom. The second-order valence-corrected chi connectivity index (χ2v) is 4.60. The second kappa shape index (κ2) is 4.12. The number of aliphatic hydroxyl groups excluding tert-OH is 1. The fourth-order valence-corrected chi connectivity index (χ4v) is 2.43. The van der Waals surface area contributed by atoms with Gasteiger partial charge in [-0.25, -0.2) is 9.97 Å². The Balaban J connectivity index is 2.67. The number of nitro benzene ring substituents is 1. The molecule has 0 aliphatic heterocycles. The van der Waals surface area contributed by atoms with Gasteiger partial charge in [-0.3, -0.25) is 10.1 Å². The van der Waals surface area contributed by atoms with E-state index in [1.54, 1.807) is 32.0 Å². The summed E-state index contributed by atoms with van der Waals surface area (Å²) in [6.07, 6.45) is 0. The van der Waals surface area contributed by atoms with E-state index in [-0.39, 0.29) is 11.4 Å². The summed E-state index contributed by atoms with van der Waals surface area (Å²) in [6, 6.07) is 6.53. The first-order chi connectivity index (χ1) is 9.49. The van der Waals surface area contributed by atoms with Crippen molar-refractivity contribution in [1.29, 1.82) is 0 Å². The van der Waals surface area contributed by atoms with Crippen molar-refractivity contribution in [1.82, 2.24) is 9.97 Å². The van der Waals surface area contributed by atoms with Crippen LogP contribution in [0.15, 0.2) is 24.3 Å². The van der Waals surface area contributed by atoms with Crippen LogP contribution in [0.4, 0.5) is 5.69 Å². The highest BCUT2D eigenvalue weighted by Crippen LogP contribution is 2.29. The Labute approximate surface area is 113 Å². The summed E-state index contributed by atoms with van der Waals surface area (Å²) >= 11 is 0. The van der Waals surface area contributed by atoms with Gasteiger partial charge in [0, 0.05) is 16.7 Å². The zero-order valence-corrected chi connectivity index (χ0v) is 10.9. The van der Waals surface area contributed by atoms with Gasteiger partial charge in [0.05, 0.1) is 16.2 Å². The molecule has 6 heteroatoms. The molecule has 1 heterocycles. The van der Waals surface area contributed by atoms with Crippen molar-refractivity contribution < 1.29 is 10.0 Å². The normalized spacial score (nSPS) is 12.9. The zero-order chi connectivity index (χ0) is 14.4. The van der Waals surface area contributed by atoms with Gasteiger partial charge in [-0.2, -0.15) is 0 Å². The number of nitrogens with zero attached hydrogens (tertiary/aromatic N) is 3. The smallest absolute Gasteiger partial charge is 0.295 e. The average molecular weight is 269 g/mol. The molecule has 3 rings (SSSR count). The van der Waals surface area contributed by atoms with Crippen LogP contribution in [-0.4, -0.2) is 20.0 Å². The molecule has 0 saturated carbocycles. The third-order valence-corrected chi connectivity index (χ3v) is 3.25. The van der Waals surface area contributed by atoms with Crippen LogP contribution in [0, 0.1) is 17.0 Å². The minimum Gasteiger partial charge on any atom is -0.512 e. The Bertz CT molecular complexity index is 914. The van der Waals surface area contributed by atoms with Crippen molar-refractivity contribution in [2.24, 2.45) is 0 Å². The Morgan fingerprint density at radius 1 is 1.25 bits per heavy atom. The molecule has 0 radical (unpaired) electrons. The number of hydrogen-bond donors (Lipinski definition) is 1. The van der Waals surface area contributed by atoms with Gasteiger partial charge in [-0.15, -0.1) is 0 Å². The summed E-state index contributed by atoms with van der Waals surface area (Å²) in [7, 11) is 0. The van der Waals surface area contributed by atoms with Crippen LogP contribution in [0.5, 0.6) is 0 Å². The SMILES string of the molecule is C/C(O)=c1\ccc2nc(C)nc3c([N+](=O)[O-])ccc1c23. The molecule has 6 nitrogen and oxygen atoms in total. The van der Waals surface area contributed by atoms with E-state index < -0.39 is 4.92 Å². The average Bonchev–Trinajstić information content (AvgIpc) is 2.37. The van der Waals surface area contributed by atoms with Crippen molar-refractivity contribution in [3.8, 4) is 0 Å². The maximum absolute atomic E-state index is 11.1. The maximum atomic E-state index is 11.1. The lowest BCUT2D eigenvalue weighted by Gasteiger charge is -2.07. The van der Waals surface area contributed by atoms with Crippen molar-refractivity contribution in [2.45, 2.75) is 13.8 Å². The number of non-ortho nitro benzene ring substituents is 1. The number of hydrogen-bond acceptors (Lipinski definition) is 5. The molecule has 0 bridgehead atoms. The third-order valence-electron chi connectivity index (χ3n) is 3.25. The summed E-state index contributed by atoms with van der Waals surface area (Å²) in [4.78, 5) is 19.2. The largest absolute Gasteiger partial charge is 0.512 e. The number of aromatic nitrogens is 2. The number of rotatable bonds is 1. The van der Waals surface area contributed by atoms with Crippen molar-refractivity contribution in [2.75, 3.05) is 0 Å². The standard InChI is InChI=1S/C14H11N3O3/c1-7(18)9-3-5-11-13-10(9)4-6-12(17(19)20)14(13)16-8(2)15-11/h3-6,18H,1-2H3/b9-7-. The van der Waals surface area contributed by atoms with Crippen LogP contribution in [0.1, 0.15) is 12.7 Å². The van der Waals surface area contributed by atoms with Crippen molar-refractivity contribution in [3.63, 3.8) is 0 Å². The van der Waals surface area contributed by atoms with E-state index >= 15 is 0 Å². The Morgan fingerprint density at radius 3 is 2.65 bits per heavy atom. The predicted molar refractivity (Wildman–Crippen MR) is 75.4 cm³/mol. The first kappa shape index (κ1) is 12.3. The number of nitro groups is 1. The monoisotopic (exact) mass is 269 g/mol. The van der Waals surface area contributed by atoms with Gasteiger partial charge in [-0.1, -0.05) is 0 Å². The van der Waals surface area contributed by atoms with Gasteiger partial charge in [0.1, 0.15) is 5.82 Å². The lowest BCUT2D eigenvalue weighted by atomic mass is 10.0. The fraction of sp³-hybridized carbons (Fsp3) is 0.143. The van der Waals surface area contributed by atoms with Crippen LogP contribution < -0.4 is 5.22 Å². The summed E-state index contributed by atoms with van der Waals surface area (Å²) in [5.41, 5.74) is 0.884. The Hall–Kier alpha value is -2.76. The molecule has 2 aromatic carbocycles. The highest BCUT2D eigenvalue weighted by atomic mass is 16.6. The van der Waals surface area contributed by atoms with Crippen LogP contribution >= 0.6 is 0 Å². The summed E-state index contributed by atoms with van der Waals surface area (Å²) in [6.45, 7) is 3.27. The van der Waals surface area contributed by atoms with E-state index in [0.29, 0.717) is 32.8 Å². The number of aliphatic hydroxyl groups is 1. The van der Waals surface area contributed by atoms with E-state index in [4.69, 9.17) is 0 Å². The Kier molecular flexibility index (Phi) is 2.53. The van der Waals surface area contributed by atoms with Gasteiger partial charge < -0.3 is 5.11 Å². The second-order valence-electron chi connectivity index (χ2n) is 4.60. The molecular weight excluding hydrogens is 258 g/mol. The molecule has 20 heavy (non-hydrogen) atoms. The minimum atomic E-state index is -0.456.